The van der Waals surface area contributed by atoms with Gasteiger partial charge >= 0.3 is 0 Å². The summed E-state index contributed by atoms with van der Waals surface area (Å²) in [7, 11) is 1.66. The quantitative estimate of drug-likeness (QED) is 0.779. The first-order valence-corrected chi connectivity index (χ1v) is 6.90. The number of ether oxygens (including phenoxy) is 1. The molecule has 1 N–H and O–H groups in total. The number of methoxy groups -OCH3 is 1. The van der Waals surface area contributed by atoms with Crippen LogP contribution in [-0.4, -0.2) is 12.2 Å². The number of thiophene rings is 1. The van der Waals surface area contributed by atoms with Crippen LogP contribution in [0.3, 0.4) is 0 Å². The number of rotatable bonds is 3. The second-order valence-corrected chi connectivity index (χ2v) is 5.48. The molecule has 0 radical (unpaired) electrons. The molecule has 0 fully saturated rings. The summed E-state index contributed by atoms with van der Waals surface area (Å²) in [5.41, 5.74) is 0.918. The van der Waals surface area contributed by atoms with Crippen LogP contribution in [-0.2, 0) is 0 Å². The van der Waals surface area contributed by atoms with Crippen molar-refractivity contribution in [2.75, 3.05) is 7.11 Å². The van der Waals surface area contributed by atoms with Gasteiger partial charge in [0.1, 0.15) is 11.9 Å². The predicted octanol–water partition coefficient (Wildman–Crippen LogP) is 3.99. The maximum Gasteiger partial charge on any atom is 0.120 e. The van der Waals surface area contributed by atoms with Crippen LogP contribution >= 0.6 is 11.3 Å². The molecule has 0 bridgehead atoms. The molecule has 2 nitrogen and oxygen atoms in total. The van der Waals surface area contributed by atoms with Crippen molar-refractivity contribution in [1.29, 1.82) is 0 Å². The van der Waals surface area contributed by atoms with E-state index in [9.17, 15) is 5.11 Å². The van der Waals surface area contributed by atoms with Crippen LogP contribution in [0, 0.1) is 0 Å². The monoisotopic (exact) mass is 270 g/mol. The topological polar surface area (TPSA) is 29.5 Å². The van der Waals surface area contributed by atoms with Crippen molar-refractivity contribution in [3.63, 3.8) is 0 Å². The van der Waals surface area contributed by atoms with E-state index in [0.717, 1.165) is 26.3 Å². The Hall–Kier alpha value is -1.84. The summed E-state index contributed by atoms with van der Waals surface area (Å²) in [6, 6.07) is 17.7. The Bertz CT molecular complexity index is 688. The Labute approximate surface area is 115 Å². The third-order valence-electron chi connectivity index (χ3n) is 3.13. The molecule has 0 aliphatic carbocycles. The van der Waals surface area contributed by atoms with Crippen LogP contribution in [0.2, 0.25) is 0 Å². The lowest BCUT2D eigenvalue weighted by Crippen LogP contribution is -1.95. The Morgan fingerprint density at radius 1 is 1.05 bits per heavy atom. The van der Waals surface area contributed by atoms with Gasteiger partial charge in [-0.05, 0) is 35.2 Å². The molecule has 0 saturated heterocycles. The number of fused-ring (bicyclic) bond motifs is 1. The number of benzene rings is 2. The van der Waals surface area contributed by atoms with E-state index in [-0.39, 0.29) is 0 Å². The highest BCUT2D eigenvalue weighted by molar-refractivity contribution is 7.19. The van der Waals surface area contributed by atoms with Gasteiger partial charge in [0.05, 0.1) is 7.11 Å². The highest BCUT2D eigenvalue weighted by Gasteiger charge is 2.13. The molecule has 1 aromatic heterocycles. The van der Waals surface area contributed by atoms with E-state index in [0.29, 0.717) is 0 Å². The third-order valence-corrected chi connectivity index (χ3v) is 4.28. The zero-order chi connectivity index (χ0) is 13.2. The van der Waals surface area contributed by atoms with Gasteiger partial charge in [0.2, 0.25) is 0 Å². The van der Waals surface area contributed by atoms with Gasteiger partial charge in [-0.2, -0.15) is 0 Å². The summed E-state index contributed by atoms with van der Waals surface area (Å²) in [5.74, 6) is 0.843. The second-order valence-electron chi connectivity index (χ2n) is 4.37. The fourth-order valence-corrected chi connectivity index (χ4v) is 3.20. The maximum absolute atomic E-state index is 10.4. The van der Waals surface area contributed by atoms with Gasteiger partial charge in [-0.15, -0.1) is 11.3 Å². The lowest BCUT2D eigenvalue weighted by atomic mass is 10.1. The van der Waals surface area contributed by atoms with Crippen molar-refractivity contribution in [2.24, 2.45) is 0 Å². The molecule has 1 unspecified atom stereocenters. The molecule has 19 heavy (non-hydrogen) atoms. The summed E-state index contributed by atoms with van der Waals surface area (Å²) in [6.45, 7) is 0. The lowest BCUT2D eigenvalue weighted by molar-refractivity contribution is 0.224. The highest BCUT2D eigenvalue weighted by Crippen LogP contribution is 2.34. The summed E-state index contributed by atoms with van der Waals surface area (Å²) in [4.78, 5) is 0.953. The van der Waals surface area contributed by atoms with Crippen molar-refractivity contribution in [2.45, 2.75) is 6.10 Å². The summed E-state index contributed by atoms with van der Waals surface area (Å²) in [5, 5.41) is 11.5. The van der Waals surface area contributed by atoms with Gasteiger partial charge in [0, 0.05) is 9.58 Å². The van der Waals surface area contributed by atoms with Crippen LogP contribution in [0.15, 0.2) is 54.6 Å². The fraction of sp³-hybridized carbons (Fsp3) is 0.125. The molecular weight excluding hydrogens is 256 g/mol. The number of hydrogen-bond acceptors (Lipinski definition) is 3. The van der Waals surface area contributed by atoms with Gasteiger partial charge in [0.25, 0.3) is 0 Å². The Morgan fingerprint density at radius 3 is 2.58 bits per heavy atom. The summed E-state index contributed by atoms with van der Waals surface area (Å²) < 4.78 is 6.35. The minimum atomic E-state index is -0.565. The maximum atomic E-state index is 10.4. The lowest BCUT2D eigenvalue weighted by Gasteiger charge is -2.07. The molecular formula is C16H14O2S. The molecule has 0 aliphatic heterocycles. The van der Waals surface area contributed by atoms with E-state index >= 15 is 0 Å². The molecule has 3 aromatic rings. The molecule has 2 aromatic carbocycles. The van der Waals surface area contributed by atoms with Crippen LogP contribution in [0.25, 0.3) is 10.1 Å². The summed E-state index contributed by atoms with van der Waals surface area (Å²) in [6.07, 6.45) is -0.565. The highest BCUT2D eigenvalue weighted by atomic mass is 32.1. The number of aliphatic hydroxyl groups is 1. The number of hydrogen-bond donors (Lipinski definition) is 1. The smallest absolute Gasteiger partial charge is 0.120 e. The largest absolute Gasteiger partial charge is 0.497 e. The molecule has 96 valence electrons. The molecule has 1 heterocycles. The van der Waals surface area contributed by atoms with Crippen LogP contribution in [0.1, 0.15) is 16.5 Å². The van der Waals surface area contributed by atoms with Gasteiger partial charge in [-0.1, -0.05) is 30.3 Å². The average Bonchev–Trinajstić information content (AvgIpc) is 2.90. The SMILES string of the molecule is COc1ccc2cc(C(O)c3ccccc3)sc2c1. The van der Waals surface area contributed by atoms with Gasteiger partial charge < -0.3 is 9.84 Å². The van der Waals surface area contributed by atoms with E-state index in [1.807, 2.05) is 54.6 Å². The molecule has 3 rings (SSSR count). The fourth-order valence-electron chi connectivity index (χ4n) is 2.09. The molecule has 3 heteroatoms. The van der Waals surface area contributed by atoms with Crippen molar-refractivity contribution in [3.8, 4) is 5.75 Å². The van der Waals surface area contributed by atoms with E-state index in [4.69, 9.17) is 4.74 Å². The Balaban J connectivity index is 2.01. The summed E-state index contributed by atoms with van der Waals surface area (Å²) >= 11 is 1.60. The molecule has 1 atom stereocenters. The number of aliphatic hydroxyl groups excluding tert-OH is 1. The molecule has 0 aliphatic rings. The zero-order valence-corrected chi connectivity index (χ0v) is 11.4. The molecule has 0 saturated carbocycles. The van der Waals surface area contributed by atoms with Crippen LogP contribution < -0.4 is 4.74 Å². The average molecular weight is 270 g/mol. The zero-order valence-electron chi connectivity index (χ0n) is 10.5. The van der Waals surface area contributed by atoms with E-state index in [1.165, 1.54) is 0 Å². The normalized spacial score (nSPS) is 12.5. The standard InChI is InChI=1S/C16H14O2S/c1-18-13-8-7-12-9-15(19-14(12)10-13)16(17)11-5-3-2-4-6-11/h2-10,16-17H,1H3. The van der Waals surface area contributed by atoms with Crippen LogP contribution in [0.4, 0.5) is 0 Å². The predicted molar refractivity (Wildman–Crippen MR) is 78.9 cm³/mol. The van der Waals surface area contributed by atoms with E-state index in [1.54, 1.807) is 18.4 Å². The van der Waals surface area contributed by atoms with Crippen molar-refractivity contribution >= 4 is 21.4 Å². The van der Waals surface area contributed by atoms with Crippen molar-refractivity contribution < 1.29 is 9.84 Å². The Kier molecular flexibility index (Phi) is 3.23. The van der Waals surface area contributed by atoms with Crippen LogP contribution in [0.5, 0.6) is 5.75 Å². The molecule has 0 spiro atoms. The van der Waals surface area contributed by atoms with Crippen molar-refractivity contribution in [3.05, 3.63) is 65.0 Å². The second kappa shape index (κ2) is 5.03. The van der Waals surface area contributed by atoms with Gasteiger partial charge in [0.15, 0.2) is 0 Å². The first-order valence-electron chi connectivity index (χ1n) is 6.08. The van der Waals surface area contributed by atoms with Gasteiger partial charge in [-0.25, -0.2) is 0 Å². The molecule has 0 amide bonds. The minimum absolute atomic E-state index is 0.565. The minimum Gasteiger partial charge on any atom is -0.497 e. The first-order chi connectivity index (χ1) is 9.28. The van der Waals surface area contributed by atoms with Crippen molar-refractivity contribution in [1.82, 2.24) is 0 Å². The van der Waals surface area contributed by atoms with E-state index < -0.39 is 6.10 Å². The van der Waals surface area contributed by atoms with E-state index in [2.05, 4.69) is 0 Å². The van der Waals surface area contributed by atoms with Gasteiger partial charge in [-0.3, -0.25) is 0 Å². The Morgan fingerprint density at radius 2 is 1.84 bits per heavy atom. The third kappa shape index (κ3) is 2.35. The first kappa shape index (κ1) is 12.2.